The van der Waals surface area contributed by atoms with Crippen LogP contribution in [-0.2, 0) is 6.42 Å². The molecule has 1 aliphatic rings. The van der Waals surface area contributed by atoms with E-state index < -0.39 is 0 Å². The van der Waals surface area contributed by atoms with E-state index in [1.807, 2.05) is 19.2 Å². The summed E-state index contributed by atoms with van der Waals surface area (Å²) >= 11 is 5.98. The van der Waals surface area contributed by atoms with Gasteiger partial charge in [-0.1, -0.05) is 23.7 Å². The molecule has 1 nitrogen and oxygen atoms in total. The summed E-state index contributed by atoms with van der Waals surface area (Å²) in [5.74, 6) is 1.73. The Bertz CT molecular complexity index is 320. The van der Waals surface area contributed by atoms with E-state index >= 15 is 0 Å². The highest BCUT2D eigenvalue weighted by atomic mass is 35.5. The minimum absolute atomic E-state index is 0.786. The van der Waals surface area contributed by atoms with Gasteiger partial charge in [-0.3, -0.25) is 0 Å². The van der Waals surface area contributed by atoms with Crippen molar-refractivity contribution in [1.82, 2.24) is 5.32 Å². The predicted octanol–water partition coefficient (Wildman–Crippen LogP) is 3.13. The Hall–Kier alpha value is -0.530. The Morgan fingerprint density at radius 2 is 2.27 bits per heavy atom. The highest BCUT2D eigenvalue weighted by molar-refractivity contribution is 6.30. The van der Waals surface area contributed by atoms with E-state index in [0.717, 1.165) is 29.8 Å². The molecule has 15 heavy (non-hydrogen) atoms. The average Bonchev–Trinajstić information content (AvgIpc) is 3.00. The van der Waals surface area contributed by atoms with Crippen LogP contribution >= 0.6 is 11.6 Å². The lowest BCUT2D eigenvalue weighted by Gasteiger charge is -2.15. The second kappa shape index (κ2) is 5.00. The molecule has 0 radical (unpaired) electrons. The third-order valence-electron chi connectivity index (χ3n) is 3.14. The van der Waals surface area contributed by atoms with Crippen molar-refractivity contribution in [3.63, 3.8) is 0 Å². The van der Waals surface area contributed by atoms with Crippen molar-refractivity contribution < 1.29 is 0 Å². The van der Waals surface area contributed by atoms with Gasteiger partial charge >= 0.3 is 0 Å². The zero-order valence-corrected chi connectivity index (χ0v) is 9.93. The maximum absolute atomic E-state index is 5.98. The Morgan fingerprint density at radius 3 is 2.87 bits per heavy atom. The van der Waals surface area contributed by atoms with Crippen molar-refractivity contribution in [2.45, 2.75) is 19.3 Å². The van der Waals surface area contributed by atoms with Crippen LogP contribution in [-0.4, -0.2) is 13.6 Å². The van der Waals surface area contributed by atoms with Crippen LogP contribution in [0, 0.1) is 11.8 Å². The molecule has 2 heteroatoms. The van der Waals surface area contributed by atoms with Crippen molar-refractivity contribution in [3.8, 4) is 0 Å². The molecule has 82 valence electrons. The van der Waals surface area contributed by atoms with Gasteiger partial charge in [0.2, 0.25) is 0 Å². The molecular weight excluding hydrogens is 206 g/mol. The second-order valence-electron chi connectivity index (χ2n) is 4.49. The van der Waals surface area contributed by atoms with Gasteiger partial charge in [-0.25, -0.2) is 0 Å². The van der Waals surface area contributed by atoms with E-state index in [2.05, 4.69) is 17.4 Å². The number of hydrogen-bond donors (Lipinski definition) is 1. The molecule has 1 aromatic rings. The molecule has 0 heterocycles. The molecule has 2 rings (SSSR count). The predicted molar refractivity (Wildman–Crippen MR) is 65.3 cm³/mol. The smallest absolute Gasteiger partial charge is 0.0408 e. The summed E-state index contributed by atoms with van der Waals surface area (Å²) in [6.45, 7) is 1.12. The molecule has 0 saturated heterocycles. The lowest BCUT2D eigenvalue weighted by Crippen LogP contribution is -2.22. The first-order valence-corrected chi connectivity index (χ1v) is 6.06. The first-order valence-electron chi connectivity index (χ1n) is 5.68. The summed E-state index contributed by atoms with van der Waals surface area (Å²) in [6, 6.07) is 8.25. The summed E-state index contributed by atoms with van der Waals surface area (Å²) in [5.41, 5.74) is 1.37. The van der Waals surface area contributed by atoms with Crippen LogP contribution < -0.4 is 5.32 Å². The van der Waals surface area contributed by atoms with Gasteiger partial charge in [0.25, 0.3) is 0 Å². The van der Waals surface area contributed by atoms with Gasteiger partial charge in [-0.2, -0.15) is 0 Å². The van der Waals surface area contributed by atoms with Gasteiger partial charge in [-0.05, 0) is 62.4 Å². The molecule has 0 aliphatic heterocycles. The van der Waals surface area contributed by atoms with E-state index in [1.165, 1.54) is 18.4 Å². The van der Waals surface area contributed by atoms with Gasteiger partial charge in [0.1, 0.15) is 0 Å². The molecule has 0 amide bonds. The van der Waals surface area contributed by atoms with Crippen LogP contribution in [0.5, 0.6) is 0 Å². The topological polar surface area (TPSA) is 12.0 Å². The van der Waals surface area contributed by atoms with Crippen molar-refractivity contribution in [1.29, 1.82) is 0 Å². The first kappa shape index (κ1) is 11.0. The van der Waals surface area contributed by atoms with E-state index in [0.29, 0.717) is 0 Å². The Balaban J connectivity index is 1.98. The largest absolute Gasteiger partial charge is 0.319 e. The minimum atomic E-state index is 0.786. The van der Waals surface area contributed by atoms with Crippen molar-refractivity contribution in [2.24, 2.45) is 11.8 Å². The number of hydrogen-bond acceptors (Lipinski definition) is 1. The minimum Gasteiger partial charge on any atom is -0.319 e. The van der Waals surface area contributed by atoms with Crippen LogP contribution in [0.25, 0.3) is 0 Å². The highest BCUT2D eigenvalue weighted by Gasteiger charge is 2.30. The number of nitrogens with one attached hydrogen (secondary N) is 1. The number of halogens is 1. The zero-order chi connectivity index (χ0) is 10.7. The number of rotatable bonds is 5. The monoisotopic (exact) mass is 223 g/mol. The fraction of sp³-hybridized carbons (Fsp3) is 0.538. The van der Waals surface area contributed by atoms with E-state index in [9.17, 15) is 0 Å². The third kappa shape index (κ3) is 3.22. The summed E-state index contributed by atoms with van der Waals surface area (Å²) < 4.78 is 0. The molecule has 1 saturated carbocycles. The first-order chi connectivity index (χ1) is 7.29. The van der Waals surface area contributed by atoms with Crippen LogP contribution in [0.2, 0.25) is 5.02 Å². The molecule has 1 fully saturated rings. The standard InChI is InChI=1S/C13H18ClN/c1-15-9-12(11-5-6-11)7-10-3-2-4-13(14)8-10/h2-4,8,11-12,15H,5-7,9H2,1H3. The summed E-state index contributed by atoms with van der Waals surface area (Å²) in [7, 11) is 2.04. The highest BCUT2D eigenvalue weighted by Crippen LogP contribution is 2.38. The van der Waals surface area contributed by atoms with Gasteiger partial charge in [0.05, 0.1) is 0 Å². The molecule has 0 aromatic heterocycles. The van der Waals surface area contributed by atoms with Crippen LogP contribution in [0.3, 0.4) is 0 Å². The SMILES string of the molecule is CNCC(Cc1cccc(Cl)c1)C1CC1. The maximum Gasteiger partial charge on any atom is 0.0408 e. The lowest BCUT2D eigenvalue weighted by molar-refractivity contribution is 0.440. The fourth-order valence-electron chi connectivity index (χ4n) is 2.20. The molecule has 1 unspecified atom stereocenters. The van der Waals surface area contributed by atoms with E-state index in [4.69, 9.17) is 11.6 Å². The van der Waals surface area contributed by atoms with Crippen molar-refractivity contribution >= 4 is 11.6 Å². The fourth-order valence-corrected chi connectivity index (χ4v) is 2.41. The van der Waals surface area contributed by atoms with Crippen LogP contribution in [0.4, 0.5) is 0 Å². The third-order valence-corrected chi connectivity index (χ3v) is 3.38. The number of benzene rings is 1. The van der Waals surface area contributed by atoms with Gasteiger partial charge in [0.15, 0.2) is 0 Å². The van der Waals surface area contributed by atoms with E-state index in [1.54, 1.807) is 0 Å². The van der Waals surface area contributed by atoms with Crippen molar-refractivity contribution in [2.75, 3.05) is 13.6 Å². The van der Waals surface area contributed by atoms with Gasteiger partial charge in [-0.15, -0.1) is 0 Å². The molecule has 1 aliphatic carbocycles. The lowest BCUT2D eigenvalue weighted by atomic mass is 9.95. The maximum atomic E-state index is 5.98. The van der Waals surface area contributed by atoms with Gasteiger partial charge < -0.3 is 5.32 Å². The molecule has 1 N–H and O–H groups in total. The van der Waals surface area contributed by atoms with Gasteiger partial charge in [0, 0.05) is 5.02 Å². The molecule has 0 spiro atoms. The second-order valence-corrected chi connectivity index (χ2v) is 4.93. The van der Waals surface area contributed by atoms with E-state index in [-0.39, 0.29) is 0 Å². The quantitative estimate of drug-likeness (QED) is 0.809. The summed E-state index contributed by atoms with van der Waals surface area (Å²) in [4.78, 5) is 0. The Kier molecular flexibility index (Phi) is 3.66. The Morgan fingerprint density at radius 1 is 1.47 bits per heavy atom. The summed E-state index contributed by atoms with van der Waals surface area (Å²) in [5, 5.41) is 4.14. The summed E-state index contributed by atoms with van der Waals surface area (Å²) in [6.07, 6.45) is 3.98. The zero-order valence-electron chi connectivity index (χ0n) is 9.17. The Labute approximate surface area is 96.8 Å². The molecule has 1 aromatic carbocycles. The van der Waals surface area contributed by atoms with Crippen molar-refractivity contribution in [3.05, 3.63) is 34.9 Å². The van der Waals surface area contributed by atoms with Crippen LogP contribution in [0.1, 0.15) is 18.4 Å². The molecule has 1 atom stereocenters. The van der Waals surface area contributed by atoms with Crippen LogP contribution in [0.15, 0.2) is 24.3 Å². The normalized spacial score (nSPS) is 17.7. The molecule has 0 bridgehead atoms. The molecular formula is C13H18ClN. The average molecular weight is 224 g/mol.